The Morgan fingerprint density at radius 3 is 2.58 bits per heavy atom. The lowest BCUT2D eigenvalue weighted by Gasteiger charge is -2.23. The second kappa shape index (κ2) is 10.7. The van der Waals surface area contributed by atoms with Crippen molar-refractivity contribution in [2.75, 3.05) is 6.61 Å². The molecule has 0 aliphatic rings. The van der Waals surface area contributed by atoms with Crippen molar-refractivity contribution in [1.82, 2.24) is 0 Å². The highest BCUT2D eigenvalue weighted by molar-refractivity contribution is 5.75. The monoisotopic (exact) mass is 366 g/mol. The van der Waals surface area contributed by atoms with Crippen LogP contribution in [0, 0.1) is 11.7 Å². The van der Waals surface area contributed by atoms with Gasteiger partial charge in [-0.15, -0.1) is 6.58 Å². The van der Waals surface area contributed by atoms with Gasteiger partial charge in [0.1, 0.15) is 0 Å². The molecule has 0 aromatic heterocycles. The van der Waals surface area contributed by atoms with Gasteiger partial charge in [0.25, 0.3) is 0 Å². The predicted octanol–water partition coefficient (Wildman–Crippen LogP) is 3.19. The number of aromatic hydroxyl groups is 1. The van der Waals surface area contributed by atoms with E-state index in [1.54, 1.807) is 19.1 Å². The van der Waals surface area contributed by atoms with Gasteiger partial charge < -0.3 is 20.1 Å². The second-order valence-electron chi connectivity index (χ2n) is 5.98. The Hall–Kier alpha value is -2.18. The number of hydrogen-bond donors (Lipinski definition) is 3. The van der Waals surface area contributed by atoms with E-state index in [1.807, 2.05) is 6.92 Å². The number of phenols is 1. The lowest BCUT2D eigenvalue weighted by atomic mass is 9.90. The number of allylic oxidation sites excluding steroid dienone is 1. The van der Waals surface area contributed by atoms with Crippen LogP contribution in [0.2, 0.25) is 0 Å². The molecule has 0 fully saturated rings. The van der Waals surface area contributed by atoms with Crippen molar-refractivity contribution in [2.24, 2.45) is 5.92 Å². The smallest absolute Gasteiger partial charge is 0.335 e. The summed E-state index contributed by atoms with van der Waals surface area (Å²) >= 11 is 0. The van der Waals surface area contributed by atoms with Crippen LogP contribution in [-0.4, -0.2) is 40.1 Å². The van der Waals surface area contributed by atoms with Gasteiger partial charge >= 0.3 is 5.97 Å². The molecule has 0 unspecified atom stereocenters. The molecule has 1 aromatic carbocycles. The lowest BCUT2D eigenvalue weighted by molar-refractivity contribution is -0.157. The zero-order valence-electron chi connectivity index (χ0n) is 15.2. The summed E-state index contributed by atoms with van der Waals surface area (Å²) in [6.07, 6.45) is 2.18. The molecule has 0 spiro atoms. The van der Waals surface area contributed by atoms with Crippen molar-refractivity contribution in [2.45, 2.75) is 45.3 Å². The molecular formula is C20H27FO5. The van der Waals surface area contributed by atoms with E-state index in [0.29, 0.717) is 24.8 Å². The van der Waals surface area contributed by atoms with Gasteiger partial charge in [-0.05, 0) is 43.9 Å². The number of carbonyl (C=O) groups is 1. The van der Waals surface area contributed by atoms with E-state index in [0.717, 1.165) is 5.57 Å². The van der Waals surface area contributed by atoms with Gasteiger partial charge in [-0.25, -0.2) is 9.18 Å². The normalized spacial score (nSPS) is 15.2. The van der Waals surface area contributed by atoms with Crippen LogP contribution in [0.25, 0.3) is 6.08 Å². The minimum absolute atomic E-state index is 0.141. The molecule has 0 heterocycles. The van der Waals surface area contributed by atoms with Crippen LogP contribution in [0.1, 0.15) is 38.7 Å². The summed E-state index contributed by atoms with van der Waals surface area (Å²) in [5.41, 5.74) is 1.57. The first kappa shape index (κ1) is 21.9. The molecule has 26 heavy (non-hydrogen) atoms. The number of rotatable bonds is 10. The van der Waals surface area contributed by atoms with Gasteiger partial charge in [0.05, 0.1) is 12.7 Å². The molecule has 1 aromatic rings. The van der Waals surface area contributed by atoms with Gasteiger partial charge in [-0.2, -0.15) is 0 Å². The molecule has 0 aliphatic carbocycles. The maximum absolute atomic E-state index is 13.4. The average molecular weight is 366 g/mol. The summed E-state index contributed by atoms with van der Waals surface area (Å²) in [6.45, 7) is 7.28. The topological polar surface area (TPSA) is 87.0 Å². The fraction of sp³-hybridized carbons (Fsp3) is 0.450. The van der Waals surface area contributed by atoms with Gasteiger partial charge in [-0.1, -0.05) is 30.7 Å². The van der Waals surface area contributed by atoms with E-state index in [9.17, 15) is 24.5 Å². The van der Waals surface area contributed by atoms with Crippen LogP contribution in [0.3, 0.4) is 0 Å². The number of esters is 1. The summed E-state index contributed by atoms with van der Waals surface area (Å²) in [7, 11) is 0. The zero-order chi connectivity index (χ0) is 19.7. The Bertz CT molecular complexity index is 641. The molecule has 0 saturated heterocycles. The van der Waals surface area contributed by atoms with E-state index in [1.165, 1.54) is 18.2 Å². The molecule has 0 amide bonds. The Balaban J connectivity index is 2.76. The number of aliphatic hydroxyl groups excluding tert-OH is 2. The molecule has 3 N–H and O–H groups in total. The number of hydrogen-bond acceptors (Lipinski definition) is 5. The van der Waals surface area contributed by atoms with Crippen molar-refractivity contribution in [1.29, 1.82) is 0 Å². The van der Waals surface area contributed by atoms with Crippen LogP contribution in [0.4, 0.5) is 4.39 Å². The molecule has 6 heteroatoms. The number of ether oxygens (including phenoxy) is 1. The molecule has 0 saturated carbocycles. The van der Waals surface area contributed by atoms with Crippen LogP contribution in [0.15, 0.2) is 36.4 Å². The number of phenolic OH excluding ortho intramolecular Hbond substituents is 1. The Labute approximate surface area is 153 Å². The number of aliphatic hydroxyl groups is 2. The maximum Gasteiger partial charge on any atom is 0.335 e. The molecule has 0 radical (unpaired) electrons. The van der Waals surface area contributed by atoms with Crippen molar-refractivity contribution in [3.63, 3.8) is 0 Å². The minimum atomic E-state index is -1.47. The van der Waals surface area contributed by atoms with Crippen LogP contribution >= 0.6 is 0 Å². The number of halogens is 1. The summed E-state index contributed by atoms with van der Waals surface area (Å²) < 4.78 is 18.2. The van der Waals surface area contributed by atoms with Crippen LogP contribution < -0.4 is 0 Å². The third-order valence-electron chi connectivity index (χ3n) is 4.17. The fourth-order valence-electron chi connectivity index (χ4n) is 2.61. The van der Waals surface area contributed by atoms with E-state index >= 15 is 0 Å². The summed E-state index contributed by atoms with van der Waals surface area (Å²) in [5, 5.41) is 29.6. The van der Waals surface area contributed by atoms with Crippen LogP contribution in [-0.2, 0) is 9.53 Å². The number of benzene rings is 1. The van der Waals surface area contributed by atoms with Gasteiger partial charge in [-0.3, -0.25) is 0 Å². The highest BCUT2D eigenvalue weighted by Gasteiger charge is 2.30. The Kier molecular flexibility index (Phi) is 9.02. The summed E-state index contributed by atoms with van der Waals surface area (Å²) in [4.78, 5) is 11.6. The first-order chi connectivity index (χ1) is 12.3. The molecule has 1 rings (SSSR count). The zero-order valence-corrected chi connectivity index (χ0v) is 15.2. The average Bonchev–Trinajstić information content (AvgIpc) is 2.62. The Morgan fingerprint density at radius 2 is 2.04 bits per heavy atom. The van der Waals surface area contributed by atoms with E-state index in [2.05, 4.69) is 6.58 Å². The molecule has 3 atom stereocenters. The van der Waals surface area contributed by atoms with Crippen molar-refractivity contribution >= 4 is 12.0 Å². The van der Waals surface area contributed by atoms with Crippen molar-refractivity contribution < 1.29 is 29.2 Å². The molecule has 5 nitrogen and oxygen atoms in total. The minimum Gasteiger partial charge on any atom is -0.505 e. The SMILES string of the molecule is C=C[C@H]([C@H](O)CC/C(=C/c1ccc(O)c(F)c1)CC)[C@H](O)C(=O)OCC. The molecule has 0 bridgehead atoms. The van der Waals surface area contributed by atoms with Crippen molar-refractivity contribution in [3.05, 3.63) is 47.8 Å². The lowest BCUT2D eigenvalue weighted by Crippen LogP contribution is -2.37. The highest BCUT2D eigenvalue weighted by Crippen LogP contribution is 2.23. The molecule has 144 valence electrons. The van der Waals surface area contributed by atoms with Crippen molar-refractivity contribution in [3.8, 4) is 5.75 Å². The standard InChI is InChI=1S/C20H27FO5/c1-4-13(11-14-8-10-18(23)16(21)12-14)7-9-17(22)15(5-2)19(24)20(25)26-6-3/h5,8,10-12,15,17,19,22-24H,2,4,6-7,9H2,1,3H3/b13-11+/t15-,17-,19+/m1/s1. The van der Waals surface area contributed by atoms with Gasteiger partial charge in [0.2, 0.25) is 0 Å². The van der Waals surface area contributed by atoms with E-state index in [4.69, 9.17) is 4.74 Å². The number of carbonyl (C=O) groups excluding carboxylic acids is 1. The van der Waals surface area contributed by atoms with Gasteiger partial charge in [0.15, 0.2) is 17.7 Å². The third kappa shape index (κ3) is 6.28. The first-order valence-electron chi connectivity index (χ1n) is 8.67. The largest absolute Gasteiger partial charge is 0.505 e. The molecule has 0 aliphatic heterocycles. The Morgan fingerprint density at radius 1 is 1.35 bits per heavy atom. The maximum atomic E-state index is 13.4. The van der Waals surface area contributed by atoms with E-state index in [-0.39, 0.29) is 6.61 Å². The second-order valence-corrected chi connectivity index (χ2v) is 5.98. The fourth-order valence-corrected chi connectivity index (χ4v) is 2.61. The van der Waals surface area contributed by atoms with Crippen LogP contribution in [0.5, 0.6) is 5.75 Å². The summed E-state index contributed by atoms with van der Waals surface area (Å²) in [6, 6.07) is 4.12. The highest BCUT2D eigenvalue weighted by atomic mass is 19.1. The van der Waals surface area contributed by atoms with Gasteiger partial charge in [0, 0.05) is 5.92 Å². The van der Waals surface area contributed by atoms with E-state index < -0.39 is 35.7 Å². The quantitative estimate of drug-likeness (QED) is 0.437. The third-order valence-corrected chi connectivity index (χ3v) is 4.17. The first-order valence-corrected chi connectivity index (χ1v) is 8.67. The predicted molar refractivity (Wildman–Crippen MR) is 97.9 cm³/mol. The summed E-state index contributed by atoms with van der Waals surface area (Å²) in [5.74, 6) is -2.73. The molecular weight excluding hydrogens is 339 g/mol.